The van der Waals surface area contributed by atoms with Crippen molar-refractivity contribution in [2.24, 2.45) is 0 Å². The molecular weight excluding hydrogens is 328 g/mol. The Bertz CT molecular complexity index is 826. The molecule has 0 radical (unpaired) electrons. The number of hydrogen-bond acceptors (Lipinski definition) is 1. The fourth-order valence-electron chi connectivity index (χ4n) is 2.23. The fraction of sp³-hybridized carbons (Fsp3) is 0. The molecule has 2 aromatic carbocycles. The number of fused-ring (bicyclic) bond motifs is 1. The second kappa shape index (κ2) is 4.83. The maximum Gasteiger partial charge on any atom is 0.152 e. The van der Waals surface area contributed by atoms with Crippen molar-refractivity contribution in [3.8, 4) is 11.3 Å². The molecule has 0 aliphatic heterocycles. The number of aromatic amines is 1. The Morgan fingerprint density at radius 1 is 1.15 bits per heavy atom. The molecule has 0 fully saturated rings. The van der Waals surface area contributed by atoms with Gasteiger partial charge in [0.05, 0.1) is 11.2 Å². The maximum absolute atomic E-state index is 13.9. The zero-order chi connectivity index (χ0) is 14.3. The number of halogens is 3. The Morgan fingerprint density at radius 2 is 1.95 bits per heavy atom. The Kier molecular flexibility index (Phi) is 3.14. The van der Waals surface area contributed by atoms with Crippen LogP contribution in [-0.4, -0.2) is 11.3 Å². The Hall–Kier alpha value is -2.01. The van der Waals surface area contributed by atoms with Crippen LogP contribution in [0.2, 0.25) is 0 Å². The van der Waals surface area contributed by atoms with Crippen LogP contribution < -0.4 is 0 Å². The minimum absolute atomic E-state index is 0.164. The summed E-state index contributed by atoms with van der Waals surface area (Å²) < 4.78 is 27.7. The van der Waals surface area contributed by atoms with Crippen LogP contribution in [0.15, 0.2) is 40.9 Å². The highest BCUT2D eigenvalue weighted by atomic mass is 79.9. The van der Waals surface area contributed by atoms with Gasteiger partial charge in [-0.3, -0.25) is 4.79 Å². The van der Waals surface area contributed by atoms with E-state index in [-0.39, 0.29) is 5.56 Å². The largest absolute Gasteiger partial charge is 0.353 e. The predicted octanol–water partition coefficient (Wildman–Crippen LogP) is 4.69. The molecule has 0 saturated heterocycles. The van der Waals surface area contributed by atoms with Gasteiger partial charge >= 0.3 is 0 Å². The van der Waals surface area contributed by atoms with E-state index in [0.717, 1.165) is 16.6 Å². The van der Waals surface area contributed by atoms with Gasteiger partial charge in [-0.05, 0) is 34.1 Å². The summed E-state index contributed by atoms with van der Waals surface area (Å²) in [5.74, 6) is -1.37. The van der Waals surface area contributed by atoms with Crippen LogP contribution in [0.25, 0.3) is 22.2 Å². The van der Waals surface area contributed by atoms with Gasteiger partial charge in [0.1, 0.15) is 11.6 Å². The van der Waals surface area contributed by atoms with Crippen LogP contribution in [0.4, 0.5) is 8.78 Å². The first-order valence-electron chi connectivity index (χ1n) is 5.82. The normalized spacial score (nSPS) is 10.9. The van der Waals surface area contributed by atoms with Gasteiger partial charge in [0.2, 0.25) is 0 Å². The Morgan fingerprint density at radius 3 is 2.65 bits per heavy atom. The molecular formula is C15H8BrF2NO. The van der Waals surface area contributed by atoms with Crippen molar-refractivity contribution < 1.29 is 13.6 Å². The van der Waals surface area contributed by atoms with Crippen molar-refractivity contribution in [3.63, 3.8) is 0 Å². The van der Waals surface area contributed by atoms with Gasteiger partial charge in [-0.2, -0.15) is 0 Å². The van der Waals surface area contributed by atoms with E-state index < -0.39 is 11.6 Å². The van der Waals surface area contributed by atoms with Crippen molar-refractivity contribution in [1.29, 1.82) is 0 Å². The molecule has 0 amide bonds. The lowest BCUT2D eigenvalue weighted by atomic mass is 10.1. The highest BCUT2D eigenvalue weighted by Gasteiger charge is 2.17. The van der Waals surface area contributed by atoms with Crippen LogP contribution in [-0.2, 0) is 0 Å². The zero-order valence-electron chi connectivity index (χ0n) is 10.1. The number of aromatic nitrogens is 1. The van der Waals surface area contributed by atoms with Crippen LogP contribution in [0.1, 0.15) is 10.4 Å². The molecule has 100 valence electrons. The summed E-state index contributed by atoms with van der Waals surface area (Å²) in [6.45, 7) is 0. The minimum atomic E-state index is -0.712. The molecule has 20 heavy (non-hydrogen) atoms. The quantitative estimate of drug-likeness (QED) is 0.677. The number of aldehydes is 1. The van der Waals surface area contributed by atoms with Crippen LogP contribution in [0, 0.1) is 11.6 Å². The van der Waals surface area contributed by atoms with Crippen molar-refractivity contribution >= 4 is 33.1 Å². The highest BCUT2D eigenvalue weighted by molar-refractivity contribution is 9.10. The van der Waals surface area contributed by atoms with Gasteiger partial charge in [-0.1, -0.05) is 12.1 Å². The summed E-state index contributed by atoms with van der Waals surface area (Å²) >= 11 is 3.38. The van der Waals surface area contributed by atoms with E-state index in [4.69, 9.17) is 0 Å². The van der Waals surface area contributed by atoms with Crippen molar-refractivity contribution in [3.05, 3.63) is 58.1 Å². The SMILES string of the molecule is O=Cc1c(-c2ccc(F)cc2F)[nH]c2c(Br)cccc12. The topological polar surface area (TPSA) is 32.9 Å². The van der Waals surface area contributed by atoms with Gasteiger partial charge in [0.25, 0.3) is 0 Å². The molecule has 1 N–H and O–H groups in total. The van der Waals surface area contributed by atoms with Crippen molar-refractivity contribution in [2.45, 2.75) is 0 Å². The third kappa shape index (κ3) is 1.94. The molecule has 2 nitrogen and oxygen atoms in total. The van der Waals surface area contributed by atoms with E-state index in [2.05, 4.69) is 20.9 Å². The summed E-state index contributed by atoms with van der Waals surface area (Å²) in [4.78, 5) is 14.4. The summed E-state index contributed by atoms with van der Waals surface area (Å²) in [6, 6.07) is 8.65. The lowest BCUT2D eigenvalue weighted by Crippen LogP contribution is -1.90. The molecule has 0 aliphatic carbocycles. The number of carbonyl (C=O) groups excluding carboxylic acids is 1. The third-order valence-corrected chi connectivity index (χ3v) is 3.80. The fourth-order valence-corrected chi connectivity index (χ4v) is 2.70. The number of hydrogen-bond donors (Lipinski definition) is 1. The smallest absolute Gasteiger partial charge is 0.152 e. The average molecular weight is 336 g/mol. The van der Waals surface area contributed by atoms with E-state index in [1.807, 2.05) is 6.07 Å². The van der Waals surface area contributed by atoms with Crippen LogP contribution in [0.5, 0.6) is 0 Å². The van der Waals surface area contributed by atoms with Crippen LogP contribution >= 0.6 is 15.9 Å². The van der Waals surface area contributed by atoms with Crippen molar-refractivity contribution in [1.82, 2.24) is 4.98 Å². The monoisotopic (exact) mass is 335 g/mol. The lowest BCUT2D eigenvalue weighted by molar-refractivity contribution is 0.112. The number of nitrogens with one attached hydrogen (secondary N) is 1. The first kappa shape index (κ1) is 13.0. The molecule has 0 atom stereocenters. The van der Waals surface area contributed by atoms with Crippen LogP contribution in [0.3, 0.4) is 0 Å². The van der Waals surface area contributed by atoms with E-state index >= 15 is 0 Å². The van der Waals surface area contributed by atoms with Crippen molar-refractivity contribution in [2.75, 3.05) is 0 Å². The van der Waals surface area contributed by atoms with Gasteiger partial charge in [0, 0.05) is 27.1 Å². The number of carbonyl (C=O) groups is 1. The van der Waals surface area contributed by atoms with Gasteiger partial charge in [0.15, 0.2) is 6.29 Å². The second-order valence-corrected chi connectivity index (χ2v) is 5.17. The molecule has 1 heterocycles. The third-order valence-electron chi connectivity index (χ3n) is 3.14. The number of para-hydroxylation sites is 1. The second-order valence-electron chi connectivity index (χ2n) is 4.32. The first-order chi connectivity index (χ1) is 9.61. The number of rotatable bonds is 2. The van der Waals surface area contributed by atoms with Gasteiger partial charge in [-0.25, -0.2) is 8.78 Å². The van der Waals surface area contributed by atoms with E-state index in [0.29, 0.717) is 28.4 Å². The van der Waals surface area contributed by atoms with Gasteiger partial charge < -0.3 is 4.98 Å². The molecule has 0 spiro atoms. The molecule has 0 saturated carbocycles. The summed E-state index contributed by atoms with van der Waals surface area (Å²) in [5.41, 5.74) is 1.57. The Labute approximate surface area is 121 Å². The van der Waals surface area contributed by atoms with Gasteiger partial charge in [-0.15, -0.1) is 0 Å². The number of H-pyrrole nitrogens is 1. The lowest BCUT2D eigenvalue weighted by Gasteiger charge is -2.02. The highest BCUT2D eigenvalue weighted by Crippen LogP contribution is 2.34. The summed E-state index contributed by atoms with van der Waals surface area (Å²) in [5, 5.41) is 0.688. The summed E-state index contributed by atoms with van der Waals surface area (Å²) in [6.07, 6.45) is 0.670. The summed E-state index contributed by atoms with van der Waals surface area (Å²) in [7, 11) is 0. The maximum atomic E-state index is 13.9. The molecule has 0 bridgehead atoms. The minimum Gasteiger partial charge on any atom is -0.353 e. The van der Waals surface area contributed by atoms with E-state index in [9.17, 15) is 13.6 Å². The average Bonchev–Trinajstić information content (AvgIpc) is 2.78. The van der Waals surface area contributed by atoms with E-state index in [1.165, 1.54) is 6.07 Å². The number of benzene rings is 2. The zero-order valence-corrected chi connectivity index (χ0v) is 11.7. The molecule has 1 aromatic heterocycles. The Balaban J connectivity index is 2.36. The molecule has 3 aromatic rings. The first-order valence-corrected chi connectivity index (χ1v) is 6.62. The molecule has 0 unspecified atom stereocenters. The van der Waals surface area contributed by atoms with E-state index in [1.54, 1.807) is 12.1 Å². The standard InChI is InChI=1S/C15H8BrF2NO/c16-12-3-1-2-9-11(7-20)14(19-15(9)12)10-5-4-8(17)6-13(10)18/h1-7,19H. The molecule has 5 heteroatoms. The molecule has 3 rings (SSSR count). The molecule has 0 aliphatic rings. The predicted molar refractivity (Wildman–Crippen MR) is 76.7 cm³/mol.